The molecule has 0 atom stereocenters. The number of aromatic amines is 1. The van der Waals surface area contributed by atoms with Crippen LogP contribution in [0.25, 0.3) is 11.5 Å². The van der Waals surface area contributed by atoms with Crippen LogP contribution in [0.3, 0.4) is 0 Å². The van der Waals surface area contributed by atoms with Crippen LogP contribution in [-0.4, -0.2) is 48.2 Å². The highest BCUT2D eigenvalue weighted by molar-refractivity contribution is 7.98. The third kappa shape index (κ3) is 4.20. The van der Waals surface area contributed by atoms with E-state index >= 15 is 0 Å². The zero-order valence-electron chi connectivity index (χ0n) is 19.1. The number of rotatable bonds is 7. The van der Waals surface area contributed by atoms with Crippen molar-refractivity contribution in [1.82, 2.24) is 34.9 Å². The largest absolute Gasteiger partial charge is 0.323 e. The molecule has 5 rings (SSSR count). The molecule has 0 radical (unpaired) electrons. The Bertz CT molecular complexity index is 1340. The Kier molecular flexibility index (Phi) is 5.68. The molecule has 1 aliphatic rings. The van der Waals surface area contributed by atoms with Crippen molar-refractivity contribution in [3.63, 3.8) is 0 Å². The van der Waals surface area contributed by atoms with Crippen LogP contribution in [0.4, 0.5) is 32.1 Å². The van der Waals surface area contributed by atoms with Crippen LogP contribution in [0, 0.1) is 18.6 Å². The summed E-state index contributed by atoms with van der Waals surface area (Å²) in [7, 11) is 3.30. The van der Waals surface area contributed by atoms with Gasteiger partial charge in [-0.2, -0.15) is 10.1 Å². The summed E-state index contributed by atoms with van der Waals surface area (Å²) in [6, 6.07) is 4.44. The lowest BCUT2D eigenvalue weighted by atomic mass is 10.1. The van der Waals surface area contributed by atoms with Crippen molar-refractivity contribution in [3.8, 4) is 11.5 Å². The zero-order chi connectivity index (χ0) is 24.0. The van der Waals surface area contributed by atoms with E-state index < -0.39 is 11.6 Å². The van der Waals surface area contributed by atoms with Gasteiger partial charge in [0, 0.05) is 36.3 Å². The number of aromatic nitrogens is 7. The van der Waals surface area contributed by atoms with Crippen molar-refractivity contribution in [3.05, 3.63) is 47.4 Å². The third-order valence-electron chi connectivity index (χ3n) is 5.54. The number of benzene rings is 1. The van der Waals surface area contributed by atoms with Crippen LogP contribution in [0.2, 0.25) is 0 Å². The summed E-state index contributed by atoms with van der Waals surface area (Å²) in [5, 5.41) is 14.8. The second kappa shape index (κ2) is 8.67. The maximum atomic E-state index is 14.9. The molecule has 0 unspecified atom stereocenters. The highest BCUT2D eigenvalue weighted by Crippen LogP contribution is 2.47. The van der Waals surface area contributed by atoms with Gasteiger partial charge in [0.2, 0.25) is 5.95 Å². The Labute approximate surface area is 199 Å². The van der Waals surface area contributed by atoms with E-state index in [0.717, 1.165) is 24.1 Å². The van der Waals surface area contributed by atoms with Crippen molar-refractivity contribution < 1.29 is 8.78 Å². The molecular weight excluding hydrogens is 460 g/mol. The molecule has 3 aromatic heterocycles. The van der Waals surface area contributed by atoms with Crippen molar-refractivity contribution in [1.29, 1.82) is 0 Å². The van der Waals surface area contributed by atoms with Crippen LogP contribution in [0.1, 0.15) is 30.0 Å². The van der Waals surface area contributed by atoms with Gasteiger partial charge in [-0.1, -0.05) is 0 Å². The normalized spacial score (nSPS) is 13.4. The van der Waals surface area contributed by atoms with E-state index in [9.17, 15) is 8.78 Å². The van der Waals surface area contributed by atoms with Crippen molar-refractivity contribution in [2.24, 2.45) is 7.05 Å². The first-order chi connectivity index (χ1) is 16.3. The fourth-order valence-corrected chi connectivity index (χ4v) is 4.21. The SMILES string of the molecule is CSc1cc(F)c(N(C)c2nc(Nc3cc(C)[nH]n3)c(C3CC3)c(-c3ncn(C)n3)n2)c(F)c1. The lowest BCUT2D eigenvalue weighted by Crippen LogP contribution is -2.18. The summed E-state index contributed by atoms with van der Waals surface area (Å²) < 4.78 is 31.4. The van der Waals surface area contributed by atoms with E-state index in [0.29, 0.717) is 28.0 Å². The van der Waals surface area contributed by atoms with Gasteiger partial charge in [-0.05, 0) is 44.1 Å². The fraction of sp³-hybridized carbons (Fsp3) is 0.318. The number of anilines is 4. The molecule has 4 aromatic rings. The first-order valence-corrected chi connectivity index (χ1v) is 11.9. The van der Waals surface area contributed by atoms with E-state index in [2.05, 4.69) is 30.6 Å². The predicted octanol–water partition coefficient (Wildman–Crippen LogP) is 4.69. The second-order valence-electron chi connectivity index (χ2n) is 8.21. The monoisotopic (exact) mass is 483 g/mol. The molecule has 0 saturated heterocycles. The minimum absolute atomic E-state index is 0.108. The quantitative estimate of drug-likeness (QED) is 0.365. The van der Waals surface area contributed by atoms with Crippen LogP contribution >= 0.6 is 11.8 Å². The number of hydrogen-bond donors (Lipinski definition) is 2. The predicted molar refractivity (Wildman–Crippen MR) is 127 cm³/mol. The van der Waals surface area contributed by atoms with Gasteiger partial charge in [0.1, 0.15) is 23.5 Å². The van der Waals surface area contributed by atoms with Crippen molar-refractivity contribution in [2.75, 3.05) is 23.5 Å². The molecule has 3 heterocycles. The molecular formula is C22H23F2N9S. The molecule has 9 nitrogen and oxygen atoms in total. The van der Waals surface area contributed by atoms with Gasteiger partial charge < -0.3 is 10.2 Å². The molecule has 34 heavy (non-hydrogen) atoms. The van der Waals surface area contributed by atoms with Crippen LogP contribution in [-0.2, 0) is 7.05 Å². The summed E-state index contributed by atoms with van der Waals surface area (Å²) in [6.07, 6.45) is 5.30. The van der Waals surface area contributed by atoms with Crippen LogP contribution in [0.5, 0.6) is 0 Å². The molecule has 0 spiro atoms. The first kappa shape index (κ1) is 22.3. The van der Waals surface area contributed by atoms with E-state index in [1.54, 1.807) is 24.3 Å². The average Bonchev–Trinajstić information content (AvgIpc) is 3.42. The van der Waals surface area contributed by atoms with Gasteiger partial charge in [0.05, 0.1) is 0 Å². The Hall–Kier alpha value is -3.54. The summed E-state index contributed by atoms with van der Waals surface area (Å²) in [6.45, 7) is 1.90. The number of halogens is 2. The van der Waals surface area contributed by atoms with Crippen molar-refractivity contribution >= 4 is 35.0 Å². The van der Waals surface area contributed by atoms with Gasteiger partial charge in [-0.15, -0.1) is 16.9 Å². The number of H-pyrrole nitrogens is 1. The summed E-state index contributed by atoms with van der Waals surface area (Å²) in [5.41, 5.74) is 2.03. The fourth-order valence-electron chi connectivity index (χ4n) is 3.76. The van der Waals surface area contributed by atoms with Crippen LogP contribution < -0.4 is 10.2 Å². The van der Waals surface area contributed by atoms with Crippen molar-refractivity contribution in [2.45, 2.75) is 30.6 Å². The van der Waals surface area contributed by atoms with Gasteiger partial charge in [-0.3, -0.25) is 9.78 Å². The van der Waals surface area contributed by atoms with Gasteiger partial charge in [0.25, 0.3) is 0 Å². The third-order valence-corrected chi connectivity index (χ3v) is 6.25. The second-order valence-corrected chi connectivity index (χ2v) is 9.09. The molecule has 1 fully saturated rings. The van der Waals surface area contributed by atoms with E-state index in [-0.39, 0.29) is 17.6 Å². The zero-order valence-corrected chi connectivity index (χ0v) is 19.9. The minimum atomic E-state index is -0.698. The number of thioether (sulfide) groups is 1. The lowest BCUT2D eigenvalue weighted by molar-refractivity contribution is 0.577. The average molecular weight is 484 g/mol. The van der Waals surface area contributed by atoms with E-state index in [1.165, 1.54) is 35.8 Å². The molecule has 0 amide bonds. The molecule has 0 bridgehead atoms. The first-order valence-electron chi connectivity index (χ1n) is 10.7. The summed E-state index contributed by atoms with van der Waals surface area (Å²) in [5.74, 6) is 0.448. The van der Waals surface area contributed by atoms with Gasteiger partial charge in [0.15, 0.2) is 23.3 Å². The Morgan fingerprint density at radius 3 is 2.47 bits per heavy atom. The minimum Gasteiger partial charge on any atom is -0.323 e. The molecule has 1 saturated carbocycles. The van der Waals surface area contributed by atoms with Gasteiger partial charge >= 0.3 is 0 Å². The van der Waals surface area contributed by atoms with Gasteiger partial charge in [-0.25, -0.2) is 18.7 Å². The smallest absolute Gasteiger partial charge is 0.232 e. The van der Waals surface area contributed by atoms with Crippen LogP contribution in [0.15, 0.2) is 29.4 Å². The number of aryl methyl sites for hydroxylation is 2. The Balaban J connectivity index is 1.68. The van der Waals surface area contributed by atoms with E-state index in [1.807, 2.05) is 13.0 Å². The standard InChI is InChI=1S/C22H23F2N9S/c1-11-7-16(30-29-11)26-20-17(12-5-6-12)18(21-25-10-32(2)31-21)27-22(28-20)33(3)19-14(23)8-13(34-4)9-15(19)24/h7-10,12H,5-6H2,1-4H3,(H2,26,27,28,29,30). The number of nitrogens with zero attached hydrogens (tertiary/aromatic N) is 7. The molecule has 2 N–H and O–H groups in total. The van der Waals surface area contributed by atoms with E-state index in [4.69, 9.17) is 4.98 Å². The number of hydrogen-bond acceptors (Lipinski definition) is 8. The maximum Gasteiger partial charge on any atom is 0.232 e. The summed E-state index contributed by atoms with van der Waals surface area (Å²) in [4.78, 5) is 15.6. The highest BCUT2D eigenvalue weighted by Gasteiger charge is 2.34. The maximum absolute atomic E-state index is 14.9. The molecule has 12 heteroatoms. The summed E-state index contributed by atoms with van der Waals surface area (Å²) >= 11 is 1.26. The molecule has 176 valence electrons. The highest BCUT2D eigenvalue weighted by atomic mass is 32.2. The molecule has 1 aliphatic carbocycles. The topological polar surface area (TPSA) is 100 Å². The Morgan fingerprint density at radius 2 is 1.91 bits per heavy atom. The Morgan fingerprint density at radius 1 is 1.18 bits per heavy atom. The molecule has 0 aliphatic heterocycles. The lowest BCUT2D eigenvalue weighted by Gasteiger charge is -2.22. The number of nitrogens with one attached hydrogen (secondary N) is 2. The molecule has 1 aromatic carbocycles.